The van der Waals surface area contributed by atoms with Crippen molar-refractivity contribution in [3.63, 3.8) is 0 Å². The number of rotatable bonds is 6. The topological polar surface area (TPSA) is 85.7 Å². The third-order valence-electron chi connectivity index (χ3n) is 7.51. The molecule has 41 heavy (non-hydrogen) atoms. The molecule has 0 fully saturated rings. The van der Waals surface area contributed by atoms with Crippen LogP contribution >= 0.6 is 0 Å². The predicted molar refractivity (Wildman–Crippen MR) is 159 cm³/mol. The van der Waals surface area contributed by atoms with Crippen molar-refractivity contribution >= 4 is 27.9 Å². The van der Waals surface area contributed by atoms with Crippen molar-refractivity contribution < 1.29 is 9.53 Å². The highest BCUT2D eigenvalue weighted by atomic mass is 16.5. The van der Waals surface area contributed by atoms with Gasteiger partial charge in [-0.3, -0.25) is 4.98 Å². The Kier molecular flexibility index (Phi) is 5.90. The predicted octanol–water partition coefficient (Wildman–Crippen LogP) is 6.60. The SMILES string of the molecule is COC(=O)c1nc2cc3c(-c4ccncc4)nn(C(c4ccccc4)(c4ccccc4)c4ccccc4)c3cc2[nH]1. The normalized spacial score (nSPS) is 11.6. The number of H-pyrrole nitrogens is 1. The van der Waals surface area contributed by atoms with Crippen LogP contribution in [0.5, 0.6) is 0 Å². The molecule has 0 spiro atoms. The van der Waals surface area contributed by atoms with Crippen molar-refractivity contribution in [3.8, 4) is 11.3 Å². The van der Waals surface area contributed by atoms with Gasteiger partial charge in [0.2, 0.25) is 5.82 Å². The fraction of sp³-hybridized carbons (Fsp3) is 0.0588. The summed E-state index contributed by atoms with van der Waals surface area (Å²) in [6, 6.07) is 39.2. The third-order valence-corrected chi connectivity index (χ3v) is 7.51. The van der Waals surface area contributed by atoms with Crippen LogP contribution in [0.2, 0.25) is 0 Å². The maximum atomic E-state index is 12.3. The van der Waals surface area contributed by atoms with Crippen LogP contribution in [0.3, 0.4) is 0 Å². The zero-order valence-electron chi connectivity index (χ0n) is 22.2. The van der Waals surface area contributed by atoms with Crippen molar-refractivity contribution in [2.75, 3.05) is 7.11 Å². The Morgan fingerprint density at radius 2 is 1.34 bits per heavy atom. The number of hydrogen-bond acceptors (Lipinski definition) is 5. The summed E-state index contributed by atoms with van der Waals surface area (Å²) in [6.45, 7) is 0. The van der Waals surface area contributed by atoms with E-state index in [1.165, 1.54) is 7.11 Å². The molecule has 0 atom stereocenters. The summed E-state index contributed by atoms with van der Waals surface area (Å²) in [5.41, 5.74) is 6.30. The van der Waals surface area contributed by atoms with Gasteiger partial charge in [0.05, 0.1) is 23.7 Å². The van der Waals surface area contributed by atoms with Crippen molar-refractivity contribution in [1.82, 2.24) is 24.7 Å². The molecule has 0 radical (unpaired) electrons. The molecule has 0 aliphatic heterocycles. The van der Waals surface area contributed by atoms with Gasteiger partial charge in [0, 0.05) is 23.3 Å². The third kappa shape index (κ3) is 3.90. The molecule has 1 N–H and O–H groups in total. The van der Waals surface area contributed by atoms with Crippen LogP contribution < -0.4 is 0 Å². The lowest BCUT2D eigenvalue weighted by molar-refractivity contribution is 0.0588. The number of imidazole rings is 1. The number of carbonyl (C=O) groups is 1. The molecule has 7 nitrogen and oxygen atoms in total. The molecule has 0 bridgehead atoms. The average molecular weight is 536 g/mol. The van der Waals surface area contributed by atoms with E-state index in [2.05, 4.69) is 92.4 Å². The van der Waals surface area contributed by atoms with Gasteiger partial charge in [-0.25, -0.2) is 14.5 Å². The van der Waals surface area contributed by atoms with E-state index in [-0.39, 0.29) is 5.82 Å². The lowest BCUT2D eigenvalue weighted by atomic mass is 9.77. The molecule has 3 heterocycles. The first-order valence-corrected chi connectivity index (χ1v) is 13.3. The van der Waals surface area contributed by atoms with E-state index in [4.69, 9.17) is 9.84 Å². The first kappa shape index (κ1) is 24.5. The van der Waals surface area contributed by atoms with Gasteiger partial charge in [-0.15, -0.1) is 0 Å². The van der Waals surface area contributed by atoms with Gasteiger partial charge in [0.1, 0.15) is 11.2 Å². The summed E-state index contributed by atoms with van der Waals surface area (Å²) in [6.07, 6.45) is 3.53. The number of fused-ring (bicyclic) bond motifs is 2. The maximum absolute atomic E-state index is 12.3. The average Bonchev–Trinajstić information content (AvgIpc) is 3.63. The zero-order chi connectivity index (χ0) is 27.8. The minimum Gasteiger partial charge on any atom is -0.463 e. The minimum atomic E-state index is -0.827. The second-order valence-electron chi connectivity index (χ2n) is 9.77. The zero-order valence-corrected chi connectivity index (χ0v) is 22.2. The molecule has 7 heteroatoms. The largest absolute Gasteiger partial charge is 0.463 e. The monoisotopic (exact) mass is 535 g/mol. The van der Waals surface area contributed by atoms with E-state index in [1.54, 1.807) is 12.4 Å². The Bertz CT molecular complexity index is 1890. The number of benzene rings is 4. The smallest absolute Gasteiger partial charge is 0.374 e. The molecular weight excluding hydrogens is 510 g/mol. The van der Waals surface area contributed by atoms with Gasteiger partial charge in [-0.05, 0) is 41.0 Å². The number of esters is 1. The molecule has 0 saturated carbocycles. The Hall–Kier alpha value is -5.56. The molecule has 0 aliphatic rings. The number of hydrogen-bond donors (Lipinski definition) is 1. The summed E-state index contributed by atoms with van der Waals surface area (Å²) < 4.78 is 7.04. The van der Waals surface area contributed by atoms with E-state index in [0.29, 0.717) is 11.0 Å². The molecule has 198 valence electrons. The molecule has 4 aromatic carbocycles. The van der Waals surface area contributed by atoms with Gasteiger partial charge in [-0.1, -0.05) is 91.0 Å². The Morgan fingerprint density at radius 3 is 1.88 bits per heavy atom. The van der Waals surface area contributed by atoms with Crippen LogP contribution in [-0.2, 0) is 10.3 Å². The lowest BCUT2D eigenvalue weighted by Crippen LogP contribution is -2.38. The second-order valence-corrected chi connectivity index (χ2v) is 9.77. The van der Waals surface area contributed by atoms with E-state index >= 15 is 0 Å². The molecule has 0 saturated heterocycles. The van der Waals surface area contributed by atoms with Gasteiger partial charge in [-0.2, -0.15) is 5.10 Å². The molecule has 0 aliphatic carbocycles. The van der Waals surface area contributed by atoms with Crippen LogP contribution in [0, 0.1) is 0 Å². The van der Waals surface area contributed by atoms with Crippen molar-refractivity contribution in [2.45, 2.75) is 5.54 Å². The fourth-order valence-electron chi connectivity index (χ4n) is 5.70. The number of ether oxygens (including phenoxy) is 1. The van der Waals surface area contributed by atoms with Gasteiger partial charge >= 0.3 is 5.97 Å². The number of aromatic nitrogens is 5. The number of pyridine rings is 1. The van der Waals surface area contributed by atoms with Crippen molar-refractivity contribution in [1.29, 1.82) is 0 Å². The number of aromatic amines is 1. The van der Waals surface area contributed by atoms with Crippen LogP contribution in [-0.4, -0.2) is 37.8 Å². The fourth-order valence-corrected chi connectivity index (χ4v) is 5.70. The van der Waals surface area contributed by atoms with Crippen LogP contribution in [0.25, 0.3) is 33.2 Å². The number of nitrogens with one attached hydrogen (secondary N) is 1. The van der Waals surface area contributed by atoms with E-state index in [0.717, 1.165) is 38.9 Å². The quantitative estimate of drug-likeness (QED) is 0.192. The maximum Gasteiger partial charge on any atom is 0.374 e. The van der Waals surface area contributed by atoms with Crippen molar-refractivity contribution in [3.05, 3.63) is 150 Å². The standard InChI is InChI=1S/C34H25N5O2/c1-41-33(40)32-36-28-21-27-30(22-29(28)37-32)39(38-31(27)23-17-19-35-20-18-23)34(24-11-5-2-6-12-24,25-13-7-3-8-14-25)26-15-9-4-10-16-26/h2-22H,1H3,(H,36,37). The summed E-state index contributed by atoms with van der Waals surface area (Å²) in [5.74, 6) is -0.367. The van der Waals surface area contributed by atoms with E-state index in [1.807, 2.05) is 42.5 Å². The number of carbonyl (C=O) groups excluding carboxylic acids is 1. The first-order chi connectivity index (χ1) is 20.2. The Morgan fingerprint density at radius 1 is 0.780 bits per heavy atom. The molecule has 0 unspecified atom stereocenters. The van der Waals surface area contributed by atoms with Gasteiger partial charge in [0.15, 0.2) is 0 Å². The summed E-state index contributed by atoms with van der Waals surface area (Å²) in [5, 5.41) is 6.29. The Balaban J connectivity index is 1.66. The molecule has 7 rings (SSSR count). The Labute approximate surface area is 236 Å². The van der Waals surface area contributed by atoms with Crippen LogP contribution in [0.4, 0.5) is 0 Å². The molecule has 0 amide bonds. The molecular formula is C34H25N5O2. The second kappa shape index (κ2) is 9.88. The summed E-state index contributed by atoms with van der Waals surface area (Å²) >= 11 is 0. The summed E-state index contributed by atoms with van der Waals surface area (Å²) in [4.78, 5) is 24.3. The van der Waals surface area contributed by atoms with E-state index in [9.17, 15) is 4.79 Å². The van der Waals surface area contributed by atoms with E-state index < -0.39 is 11.5 Å². The molecule has 7 aromatic rings. The lowest BCUT2D eigenvalue weighted by Gasteiger charge is -2.37. The highest BCUT2D eigenvalue weighted by Crippen LogP contribution is 2.44. The van der Waals surface area contributed by atoms with Crippen LogP contribution in [0.1, 0.15) is 27.3 Å². The van der Waals surface area contributed by atoms with Crippen molar-refractivity contribution in [2.24, 2.45) is 0 Å². The molecule has 3 aromatic heterocycles. The highest BCUT2D eigenvalue weighted by Gasteiger charge is 2.41. The van der Waals surface area contributed by atoms with Gasteiger partial charge < -0.3 is 9.72 Å². The summed E-state index contributed by atoms with van der Waals surface area (Å²) in [7, 11) is 1.35. The highest BCUT2D eigenvalue weighted by molar-refractivity contribution is 6.02. The minimum absolute atomic E-state index is 0.153. The number of methoxy groups -OCH3 is 1. The van der Waals surface area contributed by atoms with Crippen LogP contribution in [0.15, 0.2) is 128 Å². The van der Waals surface area contributed by atoms with Gasteiger partial charge in [0.25, 0.3) is 0 Å². The first-order valence-electron chi connectivity index (χ1n) is 13.3. The number of nitrogens with zero attached hydrogens (tertiary/aromatic N) is 4.